The summed E-state index contributed by atoms with van der Waals surface area (Å²) >= 11 is 2.72. The molecule has 2 N–H and O–H groups in total. The highest BCUT2D eigenvalue weighted by Crippen LogP contribution is 2.21. The first-order valence-electron chi connectivity index (χ1n) is 11.0. The largest absolute Gasteiger partial charge is 0.508 e. The van der Waals surface area contributed by atoms with Gasteiger partial charge in [-0.1, -0.05) is 43.1 Å². The molecule has 3 aromatic rings. The van der Waals surface area contributed by atoms with Gasteiger partial charge < -0.3 is 10.0 Å². The molecule has 0 radical (unpaired) electrons. The van der Waals surface area contributed by atoms with Crippen LogP contribution >= 0.6 is 23.3 Å². The highest BCUT2D eigenvalue weighted by molar-refractivity contribution is 7.97. The van der Waals surface area contributed by atoms with Gasteiger partial charge >= 0.3 is 0 Å². The fraction of sp³-hybridized carbons (Fsp3) is 0.320. The summed E-state index contributed by atoms with van der Waals surface area (Å²) in [5.41, 5.74) is 2.06. The SMILES string of the molecule is CCSNC(=O)c1nc(CN(CCCc2cccc(F)c2)C(=O)Cc2ccc(O)cc2)sc1C. The topological polar surface area (TPSA) is 82.5 Å². The van der Waals surface area contributed by atoms with E-state index in [0.29, 0.717) is 36.6 Å². The molecule has 0 saturated carbocycles. The average Bonchev–Trinajstić information content (AvgIpc) is 3.18. The molecule has 34 heavy (non-hydrogen) atoms. The summed E-state index contributed by atoms with van der Waals surface area (Å²) in [7, 11) is 0. The van der Waals surface area contributed by atoms with Gasteiger partial charge in [0.2, 0.25) is 5.91 Å². The van der Waals surface area contributed by atoms with E-state index in [0.717, 1.165) is 21.8 Å². The van der Waals surface area contributed by atoms with Crippen LogP contribution in [0.5, 0.6) is 5.75 Å². The lowest BCUT2D eigenvalue weighted by Crippen LogP contribution is -2.33. The van der Waals surface area contributed by atoms with Crippen LogP contribution in [-0.4, -0.2) is 39.1 Å². The van der Waals surface area contributed by atoms with Crippen molar-refractivity contribution < 1.29 is 19.1 Å². The summed E-state index contributed by atoms with van der Waals surface area (Å²) in [6, 6.07) is 13.0. The van der Waals surface area contributed by atoms with Gasteiger partial charge in [-0.3, -0.25) is 14.3 Å². The molecular weight excluding hydrogens is 473 g/mol. The molecule has 0 unspecified atom stereocenters. The predicted molar refractivity (Wildman–Crippen MR) is 134 cm³/mol. The molecule has 0 saturated heterocycles. The maximum Gasteiger partial charge on any atom is 0.280 e. The fourth-order valence-electron chi connectivity index (χ4n) is 3.44. The number of phenolic OH excluding ortho intramolecular Hbond substituents is 1. The van der Waals surface area contributed by atoms with E-state index in [-0.39, 0.29) is 29.8 Å². The molecule has 0 atom stereocenters. The van der Waals surface area contributed by atoms with Crippen molar-refractivity contribution in [2.24, 2.45) is 0 Å². The van der Waals surface area contributed by atoms with Gasteiger partial charge in [0.25, 0.3) is 5.91 Å². The number of nitrogens with one attached hydrogen (secondary N) is 1. The average molecular weight is 502 g/mol. The Morgan fingerprint density at radius 2 is 1.94 bits per heavy atom. The number of halogens is 1. The first-order chi connectivity index (χ1) is 16.4. The minimum Gasteiger partial charge on any atom is -0.508 e. The minimum absolute atomic E-state index is 0.0784. The lowest BCUT2D eigenvalue weighted by atomic mass is 10.1. The Morgan fingerprint density at radius 1 is 1.18 bits per heavy atom. The summed E-state index contributed by atoms with van der Waals surface area (Å²) in [6.45, 7) is 4.56. The van der Waals surface area contributed by atoms with Gasteiger partial charge in [-0.25, -0.2) is 9.37 Å². The Labute approximate surface area is 207 Å². The van der Waals surface area contributed by atoms with Crippen molar-refractivity contribution >= 4 is 35.1 Å². The highest BCUT2D eigenvalue weighted by Gasteiger charge is 2.20. The quantitative estimate of drug-likeness (QED) is 0.365. The third kappa shape index (κ3) is 7.56. The van der Waals surface area contributed by atoms with E-state index < -0.39 is 0 Å². The van der Waals surface area contributed by atoms with E-state index in [1.165, 1.54) is 35.4 Å². The fourth-order valence-corrected chi connectivity index (χ4v) is 4.76. The predicted octanol–water partition coefficient (Wildman–Crippen LogP) is 4.90. The maximum absolute atomic E-state index is 13.5. The lowest BCUT2D eigenvalue weighted by molar-refractivity contribution is -0.131. The number of amides is 2. The van der Waals surface area contributed by atoms with Crippen molar-refractivity contribution in [2.45, 2.75) is 39.7 Å². The van der Waals surface area contributed by atoms with Crippen molar-refractivity contribution in [2.75, 3.05) is 12.3 Å². The Morgan fingerprint density at radius 3 is 2.65 bits per heavy atom. The number of rotatable bonds is 11. The Hall–Kier alpha value is -2.91. The van der Waals surface area contributed by atoms with E-state index in [1.807, 2.05) is 19.9 Å². The van der Waals surface area contributed by atoms with Crippen molar-refractivity contribution in [1.82, 2.24) is 14.6 Å². The minimum atomic E-state index is -0.275. The van der Waals surface area contributed by atoms with Gasteiger partial charge in [0.1, 0.15) is 22.3 Å². The lowest BCUT2D eigenvalue weighted by Gasteiger charge is -2.22. The summed E-state index contributed by atoms with van der Waals surface area (Å²) < 4.78 is 16.3. The van der Waals surface area contributed by atoms with Crippen molar-refractivity contribution in [3.63, 3.8) is 0 Å². The van der Waals surface area contributed by atoms with Crippen LogP contribution in [0.25, 0.3) is 0 Å². The maximum atomic E-state index is 13.5. The smallest absolute Gasteiger partial charge is 0.280 e. The number of phenols is 1. The van der Waals surface area contributed by atoms with Gasteiger partial charge in [-0.05, 0) is 55.2 Å². The van der Waals surface area contributed by atoms with Crippen LogP contribution in [0.2, 0.25) is 0 Å². The number of benzene rings is 2. The molecule has 0 spiro atoms. The van der Waals surface area contributed by atoms with Crippen molar-refractivity contribution in [3.05, 3.63) is 81.1 Å². The molecule has 1 aromatic heterocycles. The standard InChI is InChI=1S/C25H28FN3O3S2/c1-3-33-28-25(32)24-17(2)34-22(27-24)16-29(13-5-7-18-6-4-8-20(26)14-18)23(31)15-19-9-11-21(30)12-10-19/h4,6,8-12,14,30H,3,5,7,13,15-16H2,1-2H3,(H,28,32). The number of aromatic hydroxyl groups is 1. The molecule has 2 aromatic carbocycles. The zero-order chi connectivity index (χ0) is 24.5. The van der Waals surface area contributed by atoms with Crippen LogP contribution in [0.15, 0.2) is 48.5 Å². The number of hydrogen-bond acceptors (Lipinski definition) is 6. The van der Waals surface area contributed by atoms with Crippen LogP contribution in [-0.2, 0) is 24.2 Å². The van der Waals surface area contributed by atoms with Crippen LogP contribution in [0.3, 0.4) is 0 Å². The molecule has 0 fully saturated rings. The summed E-state index contributed by atoms with van der Waals surface area (Å²) in [4.78, 5) is 32.6. The van der Waals surface area contributed by atoms with Crippen LogP contribution in [0.4, 0.5) is 4.39 Å². The van der Waals surface area contributed by atoms with E-state index in [2.05, 4.69) is 9.71 Å². The number of hydrogen-bond donors (Lipinski definition) is 2. The third-order valence-corrected chi connectivity index (χ3v) is 6.69. The first kappa shape index (κ1) is 25.7. The zero-order valence-electron chi connectivity index (χ0n) is 19.2. The van der Waals surface area contributed by atoms with Crippen LogP contribution in [0, 0.1) is 12.7 Å². The molecule has 0 aliphatic rings. The second-order valence-corrected chi connectivity index (χ2v) is 10.1. The number of thiazole rings is 1. The normalized spacial score (nSPS) is 10.8. The Bertz CT molecular complexity index is 1120. The number of aromatic nitrogens is 1. The summed E-state index contributed by atoms with van der Waals surface area (Å²) in [6.07, 6.45) is 1.49. The molecule has 180 valence electrons. The molecule has 1 heterocycles. The molecule has 0 aliphatic heterocycles. The third-order valence-electron chi connectivity index (χ3n) is 5.12. The Kier molecular flexibility index (Phi) is 9.47. The second kappa shape index (κ2) is 12.5. The van der Waals surface area contributed by atoms with Gasteiger partial charge in [0.05, 0.1) is 13.0 Å². The van der Waals surface area contributed by atoms with Gasteiger partial charge in [-0.15, -0.1) is 11.3 Å². The van der Waals surface area contributed by atoms with E-state index >= 15 is 0 Å². The summed E-state index contributed by atoms with van der Waals surface area (Å²) in [5, 5.41) is 10.2. The molecular formula is C25H28FN3O3S2. The number of nitrogens with zero attached hydrogens (tertiary/aromatic N) is 2. The molecule has 0 aliphatic carbocycles. The highest BCUT2D eigenvalue weighted by atomic mass is 32.2. The Balaban J connectivity index is 1.71. The van der Waals surface area contributed by atoms with Crippen molar-refractivity contribution in [3.8, 4) is 5.75 Å². The van der Waals surface area contributed by atoms with Crippen LogP contribution < -0.4 is 4.72 Å². The van der Waals surface area contributed by atoms with Gasteiger partial charge in [0.15, 0.2) is 0 Å². The molecule has 6 nitrogen and oxygen atoms in total. The second-order valence-electron chi connectivity index (χ2n) is 7.77. The number of carbonyl (C=O) groups excluding carboxylic acids is 2. The first-order valence-corrected chi connectivity index (χ1v) is 12.8. The summed E-state index contributed by atoms with van der Waals surface area (Å²) in [5.74, 6) is 0.314. The number of carbonyl (C=O) groups is 2. The monoisotopic (exact) mass is 501 g/mol. The number of aryl methyl sites for hydroxylation is 2. The molecule has 9 heteroatoms. The molecule has 2 amide bonds. The van der Waals surface area contributed by atoms with E-state index in [1.54, 1.807) is 35.2 Å². The molecule has 0 bridgehead atoms. The van der Waals surface area contributed by atoms with E-state index in [4.69, 9.17) is 0 Å². The van der Waals surface area contributed by atoms with Gasteiger partial charge in [0, 0.05) is 17.2 Å². The van der Waals surface area contributed by atoms with Crippen molar-refractivity contribution in [1.29, 1.82) is 0 Å². The van der Waals surface area contributed by atoms with Crippen LogP contribution in [0.1, 0.15) is 44.8 Å². The zero-order valence-corrected chi connectivity index (χ0v) is 20.8. The van der Waals surface area contributed by atoms with Gasteiger partial charge in [-0.2, -0.15) is 0 Å². The van der Waals surface area contributed by atoms with E-state index in [9.17, 15) is 19.1 Å². The molecule has 3 rings (SSSR count).